The van der Waals surface area contributed by atoms with Crippen LogP contribution in [0.25, 0.3) is 0 Å². The second-order valence-corrected chi connectivity index (χ2v) is 8.55. The number of hydrogen-bond acceptors (Lipinski definition) is 10. The average molecular weight is 473 g/mol. The monoisotopic (exact) mass is 473 g/mol. The smallest absolute Gasteiger partial charge is 0.459 e. The lowest BCUT2D eigenvalue weighted by Crippen LogP contribution is -2.45. The Balaban J connectivity index is 1.39. The van der Waals surface area contributed by atoms with E-state index in [-0.39, 0.29) is 12.4 Å². The van der Waals surface area contributed by atoms with Crippen molar-refractivity contribution in [1.29, 1.82) is 0 Å². The van der Waals surface area contributed by atoms with Crippen molar-refractivity contribution in [3.8, 4) is 0 Å². The molecule has 2 saturated heterocycles. The van der Waals surface area contributed by atoms with Crippen LogP contribution in [0.2, 0.25) is 0 Å². The first kappa shape index (κ1) is 22.5. The molecule has 0 bridgehead atoms. The van der Waals surface area contributed by atoms with Crippen molar-refractivity contribution >= 4 is 19.6 Å². The lowest BCUT2D eigenvalue weighted by Gasteiger charge is -2.31. The molecule has 2 aliphatic rings. The largest absolute Gasteiger partial charge is 0.476 e. The maximum atomic E-state index is 15.0. The van der Waals surface area contributed by atoms with Gasteiger partial charge < -0.3 is 15.2 Å². The Morgan fingerprint density at radius 1 is 1.31 bits per heavy atom. The van der Waals surface area contributed by atoms with Crippen molar-refractivity contribution in [1.82, 2.24) is 9.55 Å². The molecule has 0 amide bonds. The summed E-state index contributed by atoms with van der Waals surface area (Å²) < 4.78 is 68.0. The molecule has 11 nitrogen and oxygen atoms in total. The first-order valence-electron chi connectivity index (χ1n) is 9.33. The maximum absolute atomic E-state index is 15.0. The van der Waals surface area contributed by atoms with Gasteiger partial charge in [-0.15, -0.1) is 0 Å². The highest BCUT2D eigenvalue weighted by atomic mass is 31.2. The second-order valence-electron chi connectivity index (χ2n) is 6.93. The van der Waals surface area contributed by atoms with Crippen LogP contribution in [0.3, 0.4) is 0 Å². The summed E-state index contributed by atoms with van der Waals surface area (Å²) in [6.45, 7) is -1.49. The number of nitrogens with two attached hydrogens (primary N) is 1. The molecule has 14 heteroatoms. The molecule has 2 N–H and O–H groups in total. The minimum atomic E-state index is -4.53. The average Bonchev–Trinajstić information content (AvgIpc) is 3.01. The molecule has 4 atom stereocenters. The Labute approximate surface area is 179 Å². The van der Waals surface area contributed by atoms with Gasteiger partial charge in [-0.25, -0.2) is 14.2 Å². The standard InChI is InChI=1S/C18H18F2N3O8P/c19-18(20)15-12(30-16(18)23-7-6-13(21)22-17(23)25)9-28-32(26,31-15)29-10-14(24)27-8-11-4-2-1-3-5-11/h1-7,12,15-16H,8-10H2,(H2,21,22,25)/t12-,15-,16-,32?/m1/s1. The number of hydrogen-bond donors (Lipinski definition) is 1. The summed E-state index contributed by atoms with van der Waals surface area (Å²) in [7, 11) is -4.53. The van der Waals surface area contributed by atoms with Gasteiger partial charge >= 0.3 is 25.4 Å². The van der Waals surface area contributed by atoms with Crippen LogP contribution in [0.4, 0.5) is 14.6 Å². The van der Waals surface area contributed by atoms with Gasteiger partial charge in [0.15, 0.2) is 12.7 Å². The molecule has 0 aliphatic carbocycles. The lowest BCUT2D eigenvalue weighted by atomic mass is 10.1. The molecule has 1 aromatic heterocycles. The van der Waals surface area contributed by atoms with E-state index >= 15 is 0 Å². The Kier molecular flexibility index (Phi) is 6.10. The number of nitrogens with zero attached hydrogens (tertiary/aromatic N) is 2. The molecule has 2 aromatic rings. The van der Waals surface area contributed by atoms with E-state index in [9.17, 15) is 22.9 Å². The van der Waals surface area contributed by atoms with Crippen LogP contribution >= 0.6 is 7.82 Å². The third kappa shape index (κ3) is 4.57. The Hall–Kier alpha value is -2.70. The number of phosphoric ester groups is 1. The van der Waals surface area contributed by atoms with Gasteiger partial charge in [0.25, 0.3) is 0 Å². The maximum Gasteiger partial charge on any atom is 0.476 e. The Bertz CT molecular complexity index is 1100. The number of halogens is 2. The molecule has 0 spiro atoms. The van der Waals surface area contributed by atoms with Gasteiger partial charge in [0, 0.05) is 6.20 Å². The van der Waals surface area contributed by atoms with E-state index in [1.165, 1.54) is 0 Å². The van der Waals surface area contributed by atoms with Crippen molar-refractivity contribution in [2.75, 3.05) is 18.9 Å². The van der Waals surface area contributed by atoms with Crippen molar-refractivity contribution < 1.29 is 41.2 Å². The van der Waals surface area contributed by atoms with Gasteiger partial charge in [-0.05, 0) is 11.6 Å². The van der Waals surface area contributed by atoms with E-state index in [1.807, 2.05) is 0 Å². The zero-order chi connectivity index (χ0) is 22.9. The topological polar surface area (TPSA) is 141 Å². The van der Waals surface area contributed by atoms with Gasteiger partial charge in [-0.2, -0.15) is 13.8 Å². The van der Waals surface area contributed by atoms with Crippen LogP contribution in [0.15, 0.2) is 47.4 Å². The number of anilines is 1. The molecule has 0 saturated carbocycles. The van der Waals surface area contributed by atoms with Gasteiger partial charge in [0.05, 0.1) is 6.61 Å². The normalized spacial score (nSPS) is 28.8. The quantitative estimate of drug-likeness (QED) is 0.486. The number of benzene rings is 1. The molecule has 32 heavy (non-hydrogen) atoms. The predicted molar refractivity (Wildman–Crippen MR) is 102 cm³/mol. The van der Waals surface area contributed by atoms with Crippen LogP contribution in [-0.4, -0.2) is 46.9 Å². The summed E-state index contributed by atoms with van der Waals surface area (Å²) in [5, 5.41) is 0. The minimum Gasteiger partial charge on any atom is -0.459 e. The third-order valence-electron chi connectivity index (χ3n) is 4.68. The number of nitrogen functional groups attached to an aromatic ring is 1. The number of phosphoric acid groups is 1. The van der Waals surface area contributed by atoms with Gasteiger partial charge in [0.2, 0.25) is 6.23 Å². The van der Waals surface area contributed by atoms with Crippen LogP contribution in [0.5, 0.6) is 0 Å². The molecule has 4 rings (SSSR count). The zero-order valence-corrected chi connectivity index (χ0v) is 17.2. The molecule has 172 valence electrons. The van der Waals surface area contributed by atoms with E-state index in [0.717, 1.165) is 12.3 Å². The zero-order valence-electron chi connectivity index (χ0n) is 16.3. The summed E-state index contributed by atoms with van der Waals surface area (Å²) in [5.41, 5.74) is 5.02. The van der Waals surface area contributed by atoms with Crippen LogP contribution in [0, 0.1) is 0 Å². The SMILES string of the molecule is Nc1ccn([C@@H]2O[C@@H]3COP(=O)(OCC(=O)OCc4ccccc4)O[C@H]3C2(F)F)c(=O)n1. The van der Waals surface area contributed by atoms with E-state index < -0.39 is 57.1 Å². The molecule has 3 heterocycles. The number of fused-ring (bicyclic) bond motifs is 1. The number of aromatic nitrogens is 2. The fourth-order valence-electron chi connectivity index (χ4n) is 3.15. The number of ether oxygens (including phenoxy) is 2. The van der Waals surface area contributed by atoms with Crippen molar-refractivity contribution in [2.24, 2.45) is 0 Å². The fourth-order valence-corrected chi connectivity index (χ4v) is 4.49. The molecular weight excluding hydrogens is 455 g/mol. The summed E-state index contributed by atoms with van der Waals surface area (Å²) in [6.07, 6.45) is -4.50. The van der Waals surface area contributed by atoms with Gasteiger partial charge in [-0.3, -0.25) is 18.1 Å². The van der Waals surface area contributed by atoms with Crippen molar-refractivity contribution in [3.05, 3.63) is 58.6 Å². The van der Waals surface area contributed by atoms with E-state index in [1.54, 1.807) is 30.3 Å². The molecule has 2 fully saturated rings. The van der Waals surface area contributed by atoms with E-state index in [0.29, 0.717) is 10.1 Å². The van der Waals surface area contributed by atoms with Gasteiger partial charge in [0.1, 0.15) is 18.5 Å². The van der Waals surface area contributed by atoms with Crippen molar-refractivity contribution in [2.45, 2.75) is 31.0 Å². The molecule has 2 aliphatic heterocycles. The first-order chi connectivity index (χ1) is 15.2. The second kappa shape index (κ2) is 8.68. The number of carbonyl (C=O) groups is 1. The molecule has 1 aromatic carbocycles. The predicted octanol–water partition coefficient (Wildman–Crippen LogP) is 1.64. The summed E-state index contributed by atoms with van der Waals surface area (Å²) in [4.78, 5) is 27.2. The number of carbonyl (C=O) groups excluding carboxylic acids is 1. The van der Waals surface area contributed by atoms with Crippen molar-refractivity contribution in [3.63, 3.8) is 0 Å². The summed E-state index contributed by atoms with van der Waals surface area (Å²) in [5.74, 6) is -4.85. The summed E-state index contributed by atoms with van der Waals surface area (Å²) >= 11 is 0. The molecular formula is C18H18F2N3O8P. The highest BCUT2D eigenvalue weighted by Crippen LogP contribution is 2.59. The first-order valence-corrected chi connectivity index (χ1v) is 10.8. The number of rotatable bonds is 6. The third-order valence-corrected chi connectivity index (χ3v) is 6.07. The molecule has 0 radical (unpaired) electrons. The van der Waals surface area contributed by atoms with Crippen LogP contribution in [-0.2, 0) is 39.0 Å². The van der Waals surface area contributed by atoms with Gasteiger partial charge in [-0.1, -0.05) is 30.3 Å². The van der Waals surface area contributed by atoms with Crippen LogP contribution in [0.1, 0.15) is 11.8 Å². The Morgan fingerprint density at radius 3 is 2.78 bits per heavy atom. The molecule has 1 unspecified atom stereocenters. The highest BCUT2D eigenvalue weighted by molar-refractivity contribution is 7.48. The highest BCUT2D eigenvalue weighted by Gasteiger charge is 2.65. The summed E-state index contributed by atoms with van der Waals surface area (Å²) in [6, 6.07) is 9.90. The number of esters is 1. The Morgan fingerprint density at radius 2 is 2.06 bits per heavy atom. The lowest BCUT2D eigenvalue weighted by molar-refractivity contribution is -0.150. The van der Waals surface area contributed by atoms with E-state index in [2.05, 4.69) is 4.98 Å². The fraction of sp³-hybridized carbons (Fsp3) is 0.389. The minimum absolute atomic E-state index is 0.0578. The van der Waals surface area contributed by atoms with E-state index in [4.69, 9.17) is 28.8 Å². The number of alkyl halides is 2. The van der Waals surface area contributed by atoms with Crippen LogP contribution < -0.4 is 11.4 Å².